The van der Waals surface area contributed by atoms with Crippen molar-refractivity contribution in [1.29, 1.82) is 5.26 Å². The van der Waals surface area contributed by atoms with Gasteiger partial charge in [-0.1, -0.05) is 41.9 Å². The van der Waals surface area contributed by atoms with Crippen molar-refractivity contribution in [2.24, 2.45) is 0 Å². The monoisotopic (exact) mass is 448 g/mol. The molecule has 162 valence electrons. The predicted octanol–water partition coefficient (Wildman–Crippen LogP) is 6.32. The number of carbonyl (C=O) groups is 1. The fourth-order valence-electron chi connectivity index (χ4n) is 3.24. The third-order valence-corrected chi connectivity index (χ3v) is 5.15. The molecule has 4 nitrogen and oxygen atoms in total. The van der Waals surface area contributed by atoms with Gasteiger partial charge in [-0.25, -0.2) is 4.39 Å². The van der Waals surface area contributed by atoms with Crippen molar-refractivity contribution in [2.45, 2.75) is 20.3 Å². The number of nitriles is 1. The summed E-state index contributed by atoms with van der Waals surface area (Å²) in [5.41, 5.74) is 3.48. The van der Waals surface area contributed by atoms with Crippen molar-refractivity contribution in [3.05, 3.63) is 99.3 Å². The number of amides is 1. The number of anilines is 1. The molecule has 0 heterocycles. The number of para-hydroxylation sites is 1. The van der Waals surface area contributed by atoms with Gasteiger partial charge in [0.05, 0.1) is 6.61 Å². The van der Waals surface area contributed by atoms with E-state index in [0.717, 1.165) is 11.1 Å². The Hall–Kier alpha value is -3.62. The van der Waals surface area contributed by atoms with Gasteiger partial charge < -0.3 is 10.1 Å². The van der Waals surface area contributed by atoms with Crippen LogP contribution in [0.3, 0.4) is 0 Å². The Labute approximate surface area is 191 Å². The summed E-state index contributed by atoms with van der Waals surface area (Å²) in [5.74, 6) is -0.318. The zero-order chi connectivity index (χ0) is 23.1. The third kappa shape index (κ3) is 5.75. The van der Waals surface area contributed by atoms with Gasteiger partial charge in [0.25, 0.3) is 5.91 Å². The van der Waals surface area contributed by atoms with Crippen LogP contribution in [0, 0.1) is 24.1 Å². The van der Waals surface area contributed by atoms with Crippen molar-refractivity contribution in [1.82, 2.24) is 0 Å². The summed E-state index contributed by atoms with van der Waals surface area (Å²) in [6, 6.07) is 18.9. The number of halogens is 2. The summed E-state index contributed by atoms with van der Waals surface area (Å²) < 4.78 is 19.3. The Bertz CT molecular complexity index is 1210. The van der Waals surface area contributed by atoms with E-state index >= 15 is 0 Å². The number of carbonyl (C=O) groups excluding carboxylic acids is 1. The number of nitrogens with one attached hydrogen (secondary N) is 1. The molecule has 3 rings (SSSR count). The van der Waals surface area contributed by atoms with Gasteiger partial charge in [-0.2, -0.15) is 5.26 Å². The van der Waals surface area contributed by atoms with Crippen LogP contribution in [0.5, 0.6) is 5.75 Å². The summed E-state index contributed by atoms with van der Waals surface area (Å²) in [6.45, 7) is 4.12. The van der Waals surface area contributed by atoms with Gasteiger partial charge in [-0.15, -0.1) is 0 Å². The first kappa shape index (κ1) is 23.1. The molecule has 0 fully saturated rings. The molecule has 0 radical (unpaired) electrons. The summed E-state index contributed by atoms with van der Waals surface area (Å²) in [4.78, 5) is 12.6. The number of aryl methyl sites for hydroxylation is 1. The molecule has 0 aliphatic heterocycles. The van der Waals surface area contributed by atoms with Crippen molar-refractivity contribution in [2.75, 3.05) is 11.9 Å². The first-order valence-corrected chi connectivity index (χ1v) is 10.5. The average Bonchev–Trinajstić information content (AvgIpc) is 2.76. The summed E-state index contributed by atoms with van der Waals surface area (Å²) in [7, 11) is 0. The lowest BCUT2D eigenvalue weighted by Gasteiger charge is -2.14. The molecule has 0 atom stereocenters. The predicted molar refractivity (Wildman–Crippen MR) is 125 cm³/mol. The van der Waals surface area contributed by atoms with Crippen molar-refractivity contribution < 1.29 is 13.9 Å². The minimum Gasteiger partial charge on any atom is -0.494 e. The lowest BCUT2D eigenvalue weighted by molar-refractivity contribution is -0.112. The number of ether oxygens (including phenoxy) is 1. The van der Waals surface area contributed by atoms with Crippen LogP contribution in [0.4, 0.5) is 10.1 Å². The first-order chi connectivity index (χ1) is 15.4. The maximum atomic E-state index is 13.6. The van der Waals surface area contributed by atoms with Crippen LogP contribution >= 0.6 is 11.6 Å². The van der Waals surface area contributed by atoms with Crippen molar-refractivity contribution >= 4 is 29.3 Å². The molecule has 6 heteroatoms. The van der Waals surface area contributed by atoms with Crippen LogP contribution in [-0.2, 0) is 11.2 Å². The van der Waals surface area contributed by atoms with Gasteiger partial charge in [0.15, 0.2) is 0 Å². The molecule has 0 aromatic heterocycles. The van der Waals surface area contributed by atoms with E-state index in [0.29, 0.717) is 40.6 Å². The topological polar surface area (TPSA) is 62.1 Å². The Morgan fingerprint density at radius 1 is 1.19 bits per heavy atom. The van der Waals surface area contributed by atoms with Crippen LogP contribution in [0.25, 0.3) is 6.08 Å². The van der Waals surface area contributed by atoms with Crippen LogP contribution in [0.2, 0.25) is 5.02 Å². The highest BCUT2D eigenvalue weighted by atomic mass is 35.5. The van der Waals surface area contributed by atoms with E-state index in [4.69, 9.17) is 16.3 Å². The van der Waals surface area contributed by atoms with Crippen LogP contribution in [0.1, 0.15) is 29.2 Å². The Balaban J connectivity index is 1.92. The average molecular weight is 449 g/mol. The normalized spacial score (nSPS) is 11.0. The minimum absolute atomic E-state index is 0.0651. The molecule has 3 aromatic rings. The molecule has 0 saturated carbocycles. The fraction of sp³-hybridized carbons (Fsp3) is 0.154. The molecule has 0 aliphatic carbocycles. The standard InChI is InChI=1S/C26H22ClFN2O2/c1-3-32-25-15-19(14-23(27)22(25)13-18-8-6-9-21(28)12-18)11-20(16-29)26(31)30-24-10-5-4-7-17(24)2/h4-12,14-15H,3,13H2,1-2H3,(H,30,31)/b20-11+. The van der Waals surface area contributed by atoms with Crippen molar-refractivity contribution in [3.63, 3.8) is 0 Å². The zero-order valence-electron chi connectivity index (χ0n) is 17.8. The molecule has 0 saturated heterocycles. The van der Waals surface area contributed by atoms with Crippen LogP contribution < -0.4 is 10.1 Å². The molecule has 0 bridgehead atoms. The van der Waals surface area contributed by atoms with E-state index < -0.39 is 5.91 Å². The van der Waals surface area contributed by atoms with E-state index in [1.54, 1.807) is 24.3 Å². The Morgan fingerprint density at radius 3 is 2.66 bits per heavy atom. The number of hydrogen-bond donors (Lipinski definition) is 1. The highest BCUT2D eigenvalue weighted by molar-refractivity contribution is 6.31. The van der Waals surface area contributed by atoms with E-state index in [-0.39, 0.29) is 11.4 Å². The Kier molecular flexibility index (Phi) is 7.64. The van der Waals surface area contributed by atoms with Gasteiger partial charge in [0.1, 0.15) is 23.2 Å². The first-order valence-electron chi connectivity index (χ1n) is 10.1. The number of benzene rings is 3. The van der Waals surface area contributed by atoms with Crippen LogP contribution in [-0.4, -0.2) is 12.5 Å². The molecule has 0 aliphatic rings. The lowest BCUT2D eigenvalue weighted by Crippen LogP contribution is -2.14. The second kappa shape index (κ2) is 10.6. The second-order valence-electron chi connectivity index (χ2n) is 7.16. The van der Waals surface area contributed by atoms with Gasteiger partial charge in [0.2, 0.25) is 0 Å². The van der Waals surface area contributed by atoms with Gasteiger partial charge in [0, 0.05) is 22.7 Å². The van der Waals surface area contributed by atoms with Crippen molar-refractivity contribution in [3.8, 4) is 11.8 Å². The van der Waals surface area contributed by atoms with E-state index in [2.05, 4.69) is 5.32 Å². The largest absolute Gasteiger partial charge is 0.494 e. The lowest BCUT2D eigenvalue weighted by atomic mass is 10.0. The Morgan fingerprint density at radius 2 is 1.97 bits per heavy atom. The van der Waals surface area contributed by atoms with E-state index in [9.17, 15) is 14.4 Å². The zero-order valence-corrected chi connectivity index (χ0v) is 18.5. The van der Waals surface area contributed by atoms with Gasteiger partial charge >= 0.3 is 0 Å². The maximum Gasteiger partial charge on any atom is 0.266 e. The molecule has 32 heavy (non-hydrogen) atoms. The summed E-state index contributed by atoms with van der Waals surface area (Å²) in [6.07, 6.45) is 1.85. The molecule has 1 N–H and O–H groups in total. The SMILES string of the molecule is CCOc1cc(/C=C(\C#N)C(=O)Nc2ccccc2C)cc(Cl)c1Cc1cccc(F)c1. The van der Waals surface area contributed by atoms with E-state index in [1.807, 2.05) is 44.2 Å². The van der Waals surface area contributed by atoms with Crippen LogP contribution in [0.15, 0.2) is 66.2 Å². The second-order valence-corrected chi connectivity index (χ2v) is 7.57. The quantitative estimate of drug-likeness (QED) is 0.339. The summed E-state index contributed by atoms with van der Waals surface area (Å²) >= 11 is 6.53. The highest BCUT2D eigenvalue weighted by Crippen LogP contribution is 2.32. The van der Waals surface area contributed by atoms with E-state index in [1.165, 1.54) is 18.2 Å². The smallest absolute Gasteiger partial charge is 0.266 e. The molecular formula is C26H22ClFN2O2. The maximum absolute atomic E-state index is 13.6. The number of rotatable bonds is 7. The fourth-order valence-corrected chi connectivity index (χ4v) is 3.53. The van der Waals surface area contributed by atoms with Gasteiger partial charge in [-0.3, -0.25) is 4.79 Å². The number of nitrogens with zero attached hydrogens (tertiary/aromatic N) is 1. The third-order valence-electron chi connectivity index (χ3n) is 4.82. The molecular weight excluding hydrogens is 427 g/mol. The molecule has 0 spiro atoms. The molecule has 1 amide bonds. The minimum atomic E-state index is -0.514. The number of hydrogen-bond acceptors (Lipinski definition) is 3. The summed E-state index contributed by atoms with van der Waals surface area (Å²) in [5, 5.41) is 12.7. The highest BCUT2D eigenvalue weighted by Gasteiger charge is 2.15. The van der Waals surface area contributed by atoms with Gasteiger partial charge in [-0.05, 0) is 66.9 Å². The molecule has 3 aromatic carbocycles. The molecule has 0 unspecified atom stereocenters.